The molecule has 1 aromatic rings. The summed E-state index contributed by atoms with van der Waals surface area (Å²) in [5.41, 5.74) is 5.38. The SMILES string of the molecule is CCCCCC1(C)NC(c2ccc(C(C)NC3CNCCN3)cc2)NO1. The third-order valence-electron chi connectivity index (χ3n) is 5.37. The number of benzene rings is 1. The lowest BCUT2D eigenvalue weighted by molar-refractivity contribution is -0.0577. The van der Waals surface area contributed by atoms with Gasteiger partial charge >= 0.3 is 0 Å². The van der Waals surface area contributed by atoms with Crippen molar-refractivity contribution in [2.24, 2.45) is 0 Å². The predicted octanol–water partition coefficient (Wildman–Crippen LogP) is 2.28. The summed E-state index contributed by atoms with van der Waals surface area (Å²) in [5, 5.41) is 14.1. The quantitative estimate of drug-likeness (QED) is 0.458. The molecule has 2 saturated heterocycles. The van der Waals surface area contributed by atoms with Crippen LogP contribution in [0.5, 0.6) is 0 Å². The highest BCUT2D eigenvalue weighted by atomic mass is 16.7. The van der Waals surface area contributed by atoms with Gasteiger partial charge in [-0.1, -0.05) is 44.0 Å². The molecular formula is C20H35N5O. The van der Waals surface area contributed by atoms with Crippen LogP contribution in [0.15, 0.2) is 24.3 Å². The van der Waals surface area contributed by atoms with Gasteiger partial charge in [-0.3, -0.25) is 20.8 Å². The van der Waals surface area contributed by atoms with Gasteiger partial charge in [-0.05, 0) is 37.8 Å². The minimum atomic E-state index is -0.285. The molecule has 2 heterocycles. The summed E-state index contributed by atoms with van der Waals surface area (Å²) in [7, 11) is 0. The van der Waals surface area contributed by atoms with Crippen molar-refractivity contribution in [2.75, 3.05) is 19.6 Å². The van der Waals surface area contributed by atoms with Crippen LogP contribution in [0.1, 0.15) is 69.8 Å². The van der Waals surface area contributed by atoms with Gasteiger partial charge in [-0.15, -0.1) is 0 Å². The van der Waals surface area contributed by atoms with Crippen molar-refractivity contribution >= 4 is 0 Å². The Morgan fingerprint density at radius 2 is 2.04 bits per heavy atom. The predicted molar refractivity (Wildman–Crippen MR) is 105 cm³/mol. The van der Waals surface area contributed by atoms with Crippen LogP contribution in [0, 0.1) is 0 Å². The molecule has 1 aromatic carbocycles. The molecule has 2 fully saturated rings. The fraction of sp³-hybridized carbons (Fsp3) is 0.700. The normalized spacial score (nSPS) is 30.4. The summed E-state index contributed by atoms with van der Waals surface area (Å²) in [4.78, 5) is 5.84. The standard InChI is InChI=1S/C20H35N5O/c1-4-5-6-11-20(3)24-19(25-26-20)17-9-7-16(8-10-17)15(2)23-18-14-21-12-13-22-18/h7-10,15,18-19,21-25H,4-6,11-14H2,1-3H3. The van der Waals surface area contributed by atoms with Crippen molar-refractivity contribution < 1.29 is 4.84 Å². The Morgan fingerprint density at radius 1 is 1.23 bits per heavy atom. The minimum absolute atomic E-state index is 0.0446. The van der Waals surface area contributed by atoms with Gasteiger partial charge in [0.1, 0.15) is 11.9 Å². The van der Waals surface area contributed by atoms with Crippen LogP contribution in [-0.2, 0) is 4.84 Å². The molecule has 2 aliphatic rings. The monoisotopic (exact) mass is 361 g/mol. The average Bonchev–Trinajstić information content (AvgIpc) is 3.05. The first-order valence-corrected chi connectivity index (χ1v) is 10.1. The first-order chi connectivity index (χ1) is 12.6. The molecule has 26 heavy (non-hydrogen) atoms. The number of piperazine rings is 1. The molecule has 0 amide bonds. The summed E-state index contributed by atoms with van der Waals surface area (Å²) in [6.45, 7) is 9.59. The highest BCUT2D eigenvalue weighted by Crippen LogP contribution is 2.27. The Hall–Kier alpha value is -1.02. The summed E-state index contributed by atoms with van der Waals surface area (Å²) < 4.78 is 0. The van der Waals surface area contributed by atoms with Gasteiger partial charge in [-0.2, -0.15) is 5.48 Å². The van der Waals surface area contributed by atoms with E-state index in [1.807, 2.05) is 0 Å². The third kappa shape index (κ3) is 5.25. The van der Waals surface area contributed by atoms with Crippen molar-refractivity contribution in [3.63, 3.8) is 0 Å². The molecule has 0 saturated carbocycles. The van der Waals surface area contributed by atoms with Crippen LogP contribution < -0.4 is 26.7 Å². The number of rotatable bonds is 8. The Morgan fingerprint density at radius 3 is 2.73 bits per heavy atom. The maximum absolute atomic E-state index is 5.84. The number of hydrogen-bond acceptors (Lipinski definition) is 6. The van der Waals surface area contributed by atoms with E-state index < -0.39 is 0 Å². The highest BCUT2D eigenvalue weighted by molar-refractivity contribution is 5.27. The van der Waals surface area contributed by atoms with Crippen molar-refractivity contribution in [1.82, 2.24) is 26.7 Å². The van der Waals surface area contributed by atoms with Gasteiger partial charge in [0, 0.05) is 25.7 Å². The van der Waals surface area contributed by atoms with E-state index in [-0.39, 0.29) is 11.9 Å². The van der Waals surface area contributed by atoms with Gasteiger partial charge in [-0.25, -0.2) is 0 Å². The average molecular weight is 362 g/mol. The zero-order valence-electron chi connectivity index (χ0n) is 16.4. The lowest BCUT2D eigenvalue weighted by atomic mass is 10.0. The van der Waals surface area contributed by atoms with Gasteiger partial charge < -0.3 is 5.32 Å². The molecule has 6 heteroatoms. The second-order valence-electron chi connectivity index (χ2n) is 7.75. The Balaban J connectivity index is 1.52. The molecule has 3 rings (SSSR count). The maximum atomic E-state index is 5.84. The maximum Gasteiger partial charge on any atom is 0.138 e. The second-order valence-corrected chi connectivity index (χ2v) is 7.75. The first-order valence-electron chi connectivity index (χ1n) is 10.1. The molecule has 2 aliphatic heterocycles. The molecule has 0 aromatic heterocycles. The lowest BCUT2D eigenvalue weighted by Gasteiger charge is -2.29. The minimum Gasteiger partial charge on any atom is -0.313 e. The summed E-state index contributed by atoms with van der Waals surface area (Å²) in [6.07, 6.45) is 5.05. The number of nitrogens with one attached hydrogen (secondary N) is 5. The highest BCUT2D eigenvalue weighted by Gasteiger charge is 2.35. The summed E-state index contributed by atoms with van der Waals surface area (Å²) >= 11 is 0. The van der Waals surface area contributed by atoms with Gasteiger partial charge in [0.05, 0.1) is 6.17 Å². The van der Waals surface area contributed by atoms with E-state index in [1.54, 1.807) is 0 Å². The fourth-order valence-electron chi connectivity index (χ4n) is 3.69. The van der Waals surface area contributed by atoms with Crippen molar-refractivity contribution in [1.29, 1.82) is 0 Å². The molecule has 5 N–H and O–H groups in total. The van der Waals surface area contributed by atoms with Crippen LogP contribution in [0.4, 0.5) is 0 Å². The van der Waals surface area contributed by atoms with Gasteiger partial charge in [0.15, 0.2) is 0 Å². The van der Waals surface area contributed by atoms with Crippen molar-refractivity contribution in [3.8, 4) is 0 Å². The number of hydroxylamine groups is 1. The van der Waals surface area contributed by atoms with E-state index in [1.165, 1.54) is 30.4 Å². The number of unbranched alkanes of at least 4 members (excludes halogenated alkanes) is 2. The van der Waals surface area contributed by atoms with Crippen molar-refractivity contribution in [2.45, 2.75) is 70.6 Å². The summed E-state index contributed by atoms with van der Waals surface area (Å²) in [5.74, 6) is 0. The zero-order valence-corrected chi connectivity index (χ0v) is 16.4. The Bertz CT molecular complexity index is 546. The molecule has 6 nitrogen and oxygen atoms in total. The van der Waals surface area contributed by atoms with Gasteiger partial charge in [0.25, 0.3) is 0 Å². The first kappa shape index (κ1) is 19.7. The smallest absolute Gasteiger partial charge is 0.138 e. The number of hydrogen-bond donors (Lipinski definition) is 5. The molecule has 0 radical (unpaired) electrons. The molecule has 146 valence electrons. The Kier molecular flexibility index (Phi) is 7.03. The van der Waals surface area contributed by atoms with E-state index in [2.05, 4.69) is 71.8 Å². The van der Waals surface area contributed by atoms with E-state index in [4.69, 9.17) is 4.84 Å². The molecule has 4 unspecified atom stereocenters. The Labute approximate surface area is 157 Å². The molecular weight excluding hydrogens is 326 g/mol. The van der Waals surface area contributed by atoms with E-state index in [0.717, 1.165) is 26.1 Å². The molecule has 0 spiro atoms. The van der Waals surface area contributed by atoms with E-state index in [0.29, 0.717) is 12.2 Å². The van der Waals surface area contributed by atoms with Crippen LogP contribution >= 0.6 is 0 Å². The topological polar surface area (TPSA) is 69.4 Å². The van der Waals surface area contributed by atoms with Gasteiger partial charge in [0.2, 0.25) is 0 Å². The molecule has 0 aliphatic carbocycles. The zero-order chi connectivity index (χ0) is 18.4. The van der Waals surface area contributed by atoms with Crippen LogP contribution in [0.3, 0.4) is 0 Å². The van der Waals surface area contributed by atoms with E-state index >= 15 is 0 Å². The van der Waals surface area contributed by atoms with Crippen molar-refractivity contribution in [3.05, 3.63) is 35.4 Å². The summed E-state index contributed by atoms with van der Waals surface area (Å²) in [6, 6.07) is 9.10. The van der Waals surface area contributed by atoms with Crippen LogP contribution in [-0.4, -0.2) is 31.5 Å². The van der Waals surface area contributed by atoms with Crippen LogP contribution in [0.2, 0.25) is 0 Å². The van der Waals surface area contributed by atoms with E-state index in [9.17, 15) is 0 Å². The molecule has 0 bridgehead atoms. The lowest BCUT2D eigenvalue weighted by Crippen LogP contribution is -2.55. The van der Waals surface area contributed by atoms with Crippen LogP contribution in [0.25, 0.3) is 0 Å². The second kappa shape index (κ2) is 9.26. The molecule has 4 atom stereocenters. The largest absolute Gasteiger partial charge is 0.313 e. The third-order valence-corrected chi connectivity index (χ3v) is 5.37. The fourth-order valence-corrected chi connectivity index (χ4v) is 3.69.